The van der Waals surface area contributed by atoms with Gasteiger partial charge in [0.2, 0.25) is 11.8 Å². The number of rotatable bonds is 6. The van der Waals surface area contributed by atoms with Crippen LogP contribution in [-0.2, 0) is 31.9 Å². The number of thiophene rings is 1. The number of carbonyl (C=O) groups is 3. The van der Waals surface area contributed by atoms with Crippen molar-refractivity contribution in [3.63, 3.8) is 0 Å². The third-order valence-corrected chi connectivity index (χ3v) is 6.51. The summed E-state index contributed by atoms with van der Waals surface area (Å²) in [7, 11) is 3.09. The topological polar surface area (TPSA) is 88.2 Å². The van der Waals surface area contributed by atoms with Crippen molar-refractivity contribution in [2.45, 2.75) is 26.2 Å². The van der Waals surface area contributed by atoms with E-state index in [1.165, 1.54) is 18.4 Å². The van der Waals surface area contributed by atoms with Crippen molar-refractivity contribution >= 4 is 34.1 Å². The van der Waals surface area contributed by atoms with Gasteiger partial charge >= 0.3 is 5.97 Å². The van der Waals surface area contributed by atoms with Crippen molar-refractivity contribution in [1.29, 1.82) is 0 Å². The van der Waals surface area contributed by atoms with Crippen LogP contribution in [0.1, 0.15) is 34.1 Å². The molecule has 0 bridgehead atoms. The Hall–Kier alpha value is -1.97. The molecule has 160 valence electrons. The van der Waals surface area contributed by atoms with Crippen LogP contribution in [0.25, 0.3) is 0 Å². The SMILES string of the molecule is COC(=O)c1c(NC(=O)CN(C)CC(=O)N2CCOCC2)sc2c1CC[C@H](C)C2. The zero-order chi connectivity index (χ0) is 21.0. The van der Waals surface area contributed by atoms with Crippen LogP contribution in [0.5, 0.6) is 0 Å². The minimum absolute atomic E-state index is 0.0144. The summed E-state index contributed by atoms with van der Waals surface area (Å²) in [6, 6.07) is 0. The van der Waals surface area contributed by atoms with E-state index in [9.17, 15) is 14.4 Å². The second-order valence-corrected chi connectivity index (χ2v) is 8.87. The lowest BCUT2D eigenvalue weighted by Gasteiger charge is -2.28. The van der Waals surface area contributed by atoms with Crippen LogP contribution in [0.3, 0.4) is 0 Å². The molecule has 1 N–H and O–H groups in total. The number of anilines is 1. The minimum atomic E-state index is -0.414. The molecule has 0 radical (unpaired) electrons. The van der Waals surface area contributed by atoms with Crippen LogP contribution >= 0.6 is 11.3 Å². The number of ether oxygens (including phenoxy) is 2. The number of morpholine rings is 1. The van der Waals surface area contributed by atoms with E-state index in [1.54, 1.807) is 16.8 Å². The van der Waals surface area contributed by atoms with Crippen molar-refractivity contribution in [1.82, 2.24) is 9.80 Å². The van der Waals surface area contributed by atoms with E-state index in [4.69, 9.17) is 9.47 Å². The first kappa shape index (κ1) is 21.7. The first-order chi connectivity index (χ1) is 13.9. The highest BCUT2D eigenvalue weighted by molar-refractivity contribution is 7.17. The fraction of sp³-hybridized carbons (Fsp3) is 0.650. The first-order valence-electron chi connectivity index (χ1n) is 9.95. The van der Waals surface area contributed by atoms with Crippen LogP contribution in [0.4, 0.5) is 5.00 Å². The van der Waals surface area contributed by atoms with Crippen LogP contribution in [0, 0.1) is 5.92 Å². The molecule has 2 amide bonds. The smallest absolute Gasteiger partial charge is 0.341 e. The molecule has 1 atom stereocenters. The molecule has 8 nitrogen and oxygen atoms in total. The average Bonchev–Trinajstić information content (AvgIpc) is 3.04. The van der Waals surface area contributed by atoms with Gasteiger partial charge in [0, 0.05) is 18.0 Å². The lowest BCUT2D eigenvalue weighted by Crippen LogP contribution is -2.46. The van der Waals surface area contributed by atoms with Gasteiger partial charge in [0.15, 0.2) is 0 Å². The number of methoxy groups -OCH3 is 1. The Morgan fingerprint density at radius 3 is 2.69 bits per heavy atom. The monoisotopic (exact) mass is 423 g/mol. The number of fused-ring (bicyclic) bond motifs is 1. The molecular weight excluding hydrogens is 394 g/mol. The highest BCUT2D eigenvalue weighted by atomic mass is 32.1. The Labute approximate surface area is 175 Å². The van der Waals surface area contributed by atoms with E-state index in [2.05, 4.69) is 12.2 Å². The van der Waals surface area contributed by atoms with Crippen molar-refractivity contribution in [2.75, 3.05) is 58.9 Å². The number of hydrogen-bond donors (Lipinski definition) is 1. The zero-order valence-electron chi connectivity index (χ0n) is 17.3. The maximum absolute atomic E-state index is 12.6. The predicted octanol–water partition coefficient (Wildman–Crippen LogP) is 1.39. The first-order valence-corrected chi connectivity index (χ1v) is 10.8. The summed E-state index contributed by atoms with van der Waals surface area (Å²) in [5.41, 5.74) is 1.49. The van der Waals surface area contributed by atoms with Crippen LogP contribution in [-0.4, -0.2) is 81.1 Å². The fourth-order valence-corrected chi connectivity index (χ4v) is 5.18. The molecule has 1 fully saturated rings. The summed E-state index contributed by atoms with van der Waals surface area (Å²) >= 11 is 1.46. The van der Waals surface area contributed by atoms with Gasteiger partial charge in [-0.05, 0) is 37.8 Å². The second kappa shape index (κ2) is 9.69. The number of carbonyl (C=O) groups excluding carboxylic acids is 3. The molecule has 1 aromatic heterocycles. The number of nitrogens with zero attached hydrogens (tertiary/aromatic N) is 2. The Bertz CT molecular complexity index is 772. The van der Waals surface area contributed by atoms with E-state index < -0.39 is 5.97 Å². The number of esters is 1. The summed E-state index contributed by atoms with van der Waals surface area (Å²) in [6.45, 7) is 4.69. The molecule has 9 heteroatoms. The summed E-state index contributed by atoms with van der Waals surface area (Å²) in [5.74, 6) is -0.116. The molecule has 0 aromatic carbocycles. The third-order valence-electron chi connectivity index (χ3n) is 5.34. The summed E-state index contributed by atoms with van der Waals surface area (Å²) in [5, 5.41) is 3.42. The molecule has 3 rings (SSSR count). The van der Waals surface area contributed by atoms with Gasteiger partial charge in [-0.2, -0.15) is 0 Å². The van der Waals surface area contributed by atoms with Gasteiger partial charge in [-0.25, -0.2) is 4.79 Å². The van der Waals surface area contributed by atoms with E-state index in [0.29, 0.717) is 42.8 Å². The van der Waals surface area contributed by atoms with Crippen molar-refractivity contribution < 1.29 is 23.9 Å². The van der Waals surface area contributed by atoms with E-state index in [-0.39, 0.29) is 24.9 Å². The predicted molar refractivity (Wildman–Crippen MR) is 110 cm³/mol. The van der Waals surface area contributed by atoms with Gasteiger partial charge in [0.25, 0.3) is 0 Å². The van der Waals surface area contributed by atoms with Gasteiger partial charge in [-0.3, -0.25) is 14.5 Å². The number of amides is 2. The minimum Gasteiger partial charge on any atom is -0.465 e. The van der Waals surface area contributed by atoms with Gasteiger partial charge < -0.3 is 19.7 Å². The van der Waals surface area contributed by atoms with Gasteiger partial charge in [-0.1, -0.05) is 6.92 Å². The Kier molecular flexibility index (Phi) is 7.26. The molecule has 0 saturated carbocycles. The largest absolute Gasteiger partial charge is 0.465 e. The molecule has 2 heterocycles. The van der Waals surface area contributed by atoms with Gasteiger partial charge in [0.05, 0.1) is 39.0 Å². The summed E-state index contributed by atoms with van der Waals surface area (Å²) < 4.78 is 10.2. The van der Waals surface area contributed by atoms with E-state index >= 15 is 0 Å². The van der Waals surface area contributed by atoms with Crippen LogP contribution in [0.15, 0.2) is 0 Å². The molecular formula is C20H29N3O5S. The van der Waals surface area contributed by atoms with Gasteiger partial charge in [-0.15, -0.1) is 11.3 Å². The maximum Gasteiger partial charge on any atom is 0.341 e. The quantitative estimate of drug-likeness (QED) is 0.696. The average molecular weight is 424 g/mol. The maximum atomic E-state index is 12.6. The van der Waals surface area contributed by atoms with E-state index in [0.717, 1.165) is 29.7 Å². The van der Waals surface area contributed by atoms with Crippen LogP contribution in [0.2, 0.25) is 0 Å². The summed E-state index contributed by atoms with van der Waals surface area (Å²) in [6.07, 6.45) is 2.75. The lowest BCUT2D eigenvalue weighted by molar-refractivity contribution is -0.136. The number of nitrogens with one attached hydrogen (secondary N) is 1. The Balaban J connectivity index is 1.62. The molecule has 1 saturated heterocycles. The molecule has 2 aliphatic rings. The Morgan fingerprint density at radius 1 is 1.28 bits per heavy atom. The standard InChI is InChI=1S/C20H29N3O5S/c1-13-4-5-14-15(10-13)29-19(18(14)20(26)27-3)21-16(24)11-22(2)12-17(25)23-6-8-28-9-7-23/h13H,4-12H2,1-3H3,(H,21,24)/t13-/m0/s1. The molecule has 1 aromatic rings. The second-order valence-electron chi connectivity index (χ2n) is 7.76. The molecule has 0 unspecified atom stereocenters. The Morgan fingerprint density at radius 2 is 2.00 bits per heavy atom. The van der Waals surface area contributed by atoms with Crippen LogP contribution < -0.4 is 5.32 Å². The summed E-state index contributed by atoms with van der Waals surface area (Å²) in [4.78, 5) is 41.8. The molecule has 1 aliphatic heterocycles. The fourth-order valence-electron chi connectivity index (χ4n) is 3.77. The highest BCUT2D eigenvalue weighted by Gasteiger charge is 2.29. The normalized spacial score (nSPS) is 19.0. The molecule has 29 heavy (non-hydrogen) atoms. The zero-order valence-corrected chi connectivity index (χ0v) is 18.1. The van der Waals surface area contributed by atoms with Crippen molar-refractivity contribution in [3.05, 3.63) is 16.0 Å². The highest BCUT2D eigenvalue weighted by Crippen LogP contribution is 2.40. The lowest BCUT2D eigenvalue weighted by atomic mass is 9.88. The molecule has 0 spiro atoms. The van der Waals surface area contributed by atoms with Gasteiger partial charge in [0.1, 0.15) is 5.00 Å². The number of hydrogen-bond acceptors (Lipinski definition) is 7. The molecule has 1 aliphatic carbocycles. The van der Waals surface area contributed by atoms with Crippen molar-refractivity contribution in [2.24, 2.45) is 5.92 Å². The number of likely N-dealkylation sites (N-methyl/N-ethyl adjacent to an activating group) is 1. The van der Waals surface area contributed by atoms with E-state index in [1.807, 2.05) is 0 Å². The third kappa shape index (κ3) is 5.34. The van der Waals surface area contributed by atoms with Crippen molar-refractivity contribution in [3.8, 4) is 0 Å².